The number of nitrogens with zero attached hydrogens (tertiary/aromatic N) is 2. The molecule has 0 bridgehead atoms. The van der Waals surface area contributed by atoms with Gasteiger partial charge in [-0.25, -0.2) is 0 Å². The van der Waals surface area contributed by atoms with Crippen LogP contribution >= 0.6 is 0 Å². The first-order valence-electron chi connectivity index (χ1n) is 5.63. The molecule has 6 heteroatoms. The number of guanidine groups is 1. The Labute approximate surface area is 95.8 Å². The summed E-state index contributed by atoms with van der Waals surface area (Å²) in [5, 5.41) is 2.88. The molecule has 1 heterocycles. The quantitative estimate of drug-likeness (QED) is 0.485. The summed E-state index contributed by atoms with van der Waals surface area (Å²) in [5.41, 5.74) is 5.54. The van der Waals surface area contributed by atoms with E-state index in [1.165, 1.54) is 0 Å². The summed E-state index contributed by atoms with van der Waals surface area (Å²) in [7, 11) is 0. The van der Waals surface area contributed by atoms with Crippen LogP contribution in [-0.2, 0) is 9.53 Å². The normalized spacial score (nSPS) is 17.3. The highest BCUT2D eigenvalue weighted by Gasteiger charge is 2.15. The molecule has 6 nitrogen and oxygen atoms in total. The molecule has 0 aromatic heterocycles. The van der Waals surface area contributed by atoms with Gasteiger partial charge in [0, 0.05) is 26.1 Å². The van der Waals surface area contributed by atoms with Gasteiger partial charge in [0.25, 0.3) is 0 Å². The first kappa shape index (κ1) is 12.8. The van der Waals surface area contributed by atoms with Gasteiger partial charge in [-0.3, -0.25) is 9.79 Å². The van der Waals surface area contributed by atoms with Gasteiger partial charge >= 0.3 is 0 Å². The van der Waals surface area contributed by atoms with Crippen LogP contribution in [0.3, 0.4) is 0 Å². The number of rotatable bonds is 4. The van der Waals surface area contributed by atoms with Crippen LogP contribution < -0.4 is 11.1 Å². The third-order valence-corrected chi connectivity index (χ3v) is 2.33. The summed E-state index contributed by atoms with van der Waals surface area (Å²) in [5.74, 6) is 0.522. The summed E-state index contributed by atoms with van der Waals surface area (Å²) in [6, 6.07) is 0. The highest BCUT2D eigenvalue weighted by atomic mass is 16.5. The third kappa shape index (κ3) is 4.48. The Hall–Kier alpha value is -1.30. The topological polar surface area (TPSA) is 79.9 Å². The minimum atomic E-state index is 0.122. The standard InChI is InChI=1S/C10H20N4O2/c1-2-12-10(11)13-4-3-9(15)14-5-7-16-8-6-14/h2-8H2,1H3,(H3,11,12,13). The van der Waals surface area contributed by atoms with Crippen LogP contribution in [0.15, 0.2) is 4.99 Å². The van der Waals surface area contributed by atoms with Crippen LogP contribution in [0.1, 0.15) is 13.3 Å². The Morgan fingerprint density at radius 1 is 1.50 bits per heavy atom. The predicted molar refractivity (Wildman–Crippen MR) is 62.2 cm³/mol. The SMILES string of the molecule is CCNC(N)=NCCC(=O)N1CCOCC1. The fourth-order valence-electron chi connectivity index (χ4n) is 1.48. The summed E-state index contributed by atoms with van der Waals surface area (Å²) in [6.07, 6.45) is 0.409. The largest absolute Gasteiger partial charge is 0.378 e. The van der Waals surface area contributed by atoms with E-state index in [-0.39, 0.29) is 5.91 Å². The molecule has 0 spiro atoms. The first-order chi connectivity index (χ1) is 7.74. The van der Waals surface area contributed by atoms with Crippen molar-refractivity contribution in [2.24, 2.45) is 10.7 Å². The second-order valence-corrected chi connectivity index (χ2v) is 3.54. The van der Waals surface area contributed by atoms with E-state index in [1.54, 1.807) is 0 Å². The molecule has 1 rings (SSSR count). The number of morpholine rings is 1. The molecule has 0 unspecified atom stereocenters. The van der Waals surface area contributed by atoms with Crippen molar-refractivity contribution in [2.75, 3.05) is 39.4 Å². The number of hydrogen-bond donors (Lipinski definition) is 2. The molecule has 1 aliphatic rings. The molecule has 0 aromatic rings. The van der Waals surface area contributed by atoms with Crippen LogP contribution in [0, 0.1) is 0 Å². The highest BCUT2D eigenvalue weighted by molar-refractivity contribution is 5.79. The lowest BCUT2D eigenvalue weighted by molar-refractivity contribution is -0.135. The maximum Gasteiger partial charge on any atom is 0.224 e. The number of nitrogens with two attached hydrogens (primary N) is 1. The molecular formula is C10H20N4O2. The molecule has 0 aliphatic carbocycles. The van der Waals surface area contributed by atoms with Gasteiger partial charge < -0.3 is 20.7 Å². The molecule has 0 aromatic carbocycles. The number of amides is 1. The van der Waals surface area contributed by atoms with E-state index in [0.717, 1.165) is 6.54 Å². The Bertz CT molecular complexity index is 249. The summed E-state index contributed by atoms with van der Waals surface area (Å²) < 4.78 is 5.17. The average molecular weight is 228 g/mol. The van der Waals surface area contributed by atoms with E-state index in [1.807, 2.05) is 11.8 Å². The van der Waals surface area contributed by atoms with Crippen molar-refractivity contribution in [2.45, 2.75) is 13.3 Å². The van der Waals surface area contributed by atoms with Crippen molar-refractivity contribution < 1.29 is 9.53 Å². The monoisotopic (exact) mass is 228 g/mol. The van der Waals surface area contributed by atoms with Gasteiger partial charge in [0.1, 0.15) is 0 Å². The molecular weight excluding hydrogens is 208 g/mol. The lowest BCUT2D eigenvalue weighted by atomic mass is 10.3. The van der Waals surface area contributed by atoms with Gasteiger partial charge in [-0.1, -0.05) is 0 Å². The number of carbonyl (C=O) groups excluding carboxylic acids is 1. The highest BCUT2D eigenvalue weighted by Crippen LogP contribution is 1.99. The Balaban J connectivity index is 2.21. The molecule has 0 saturated carbocycles. The lowest BCUT2D eigenvalue weighted by Gasteiger charge is -2.26. The Kier molecular flexibility index (Phi) is 5.63. The second kappa shape index (κ2) is 7.05. The predicted octanol–water partition coefficient (Wildman–Crippen LogP) is -0.840. The lowest BCUT2D eigenvalue weighted by Crippen LogP contribution is -2.41. The zero-order valence-corrected chi connectivity index (χ0v) is 9.74. The van der Waals surface area contributed by atoms with Gasteiger partial charge in [0.15, 0.2) is 5.96 Å². The molecule has 0 radical (unpaired) electrons. The van der Waals surface area contributed by atoms with E-state index in [0.29, 0.717) is 45.2 Å². The molecule has 1 fully saturated rings. The molecule has 92 valence electrons. The molecule has 1 amide bonds. The number of carbonyl (C=O) groups is 1. The fourth-order valence-corrected chi connectivity index (χ4v) is 1.48. The summed E-state index contributed by atoms with van der Waals surface area (Å²) in [4.78, 5) is 17.5. The molecule has 16 heavy (non-hydrogen) atoms. The van der Waals surface area contributed by atoms with Crippen LogP contribution in [0.4, 0.5) is 0 Å². The van der Waals surface area contributed by atoms with Crippen LogP contribution in [0.25, 0.3) is 0 Å². The Morgan fingerprint density at radius 2 is 2.19 bits per heavy atom. The minimum absolute atomic E-state index is 0.122. The van der Waals surface area contributed by atoms with Crippen LogP contribution in [-0.4, -0.2) is 56.2 Å². The third-order valence-electron chi connectivity index (χ3n) is 2.33. The molecule has 1 aliphatic heterocycles. The summed E-state index contributed by atoms with van der Waals surface area (Å²) in [6.45, 7) is 5.77. The van der Waals surface area contributed by atoms with E-state index >= 15 is 0 Å². The smallest absolute Gasteiger partial charge is 0.224 e. The van der Waals surface area contributed by atoms with E-state index in [4.69, 9.17) is 10.5 Å². The zero-order chi connectivity index (χ0) is 11.8. The molecule has 0 atom stereocenters. The van der Waals surface area contributed by atoms with E-state index in [2.05, 4.69) is 10.3 Å². The number of nitrogens with one attached hydrogen (secondary N) is 1. The van der Waals surface area contributed by atoms with E-state index < -0.39 is 0 Å². The number of ether oxygens (including phenoxy) is 1. The van der Waals surface area contributed by atoms with Gasteiger partial charge in [-0.2, -0.15) is 0 Å². The van der Waals surface area contributed by atoms with Crippen molar-refractivity contribution in [3.8, 4) is 0 Å². The molecule has 1 saturated heterocycles. The van der Waals surface area contributed by atoms with Crippen molar-refractivity contribution in [3.05, 3.63) is 0 Å². The minimum Gasteiger partial charge on any atom is -0.378 e. The van der Waals surface area contributed by atoms with Crippen molar-refractivity contribution in [1.29, 1.82) is 0 Å². The van der Waals surface area contributed by atoms with Gasteiger partial charge in [0.05, 0.1) is 19.8 Å². The van der Waals surface area contributed by atoms with Crippen LogP contribution in [0.2, 0.25) is 0 Å². The van der Waals surface area contributed by atoms with Gasteiger partial charge in [-0.05, 0) is 6.92 Å². The fraction of sp³-hybridized carbons (Fsp3) is 0.800. The van der Waals surface area contributed by atoms with Crippen molar-refractivity contribution >= 4 is 11.9 Å². The second-order valence-electron chi connectivity index (χ2n) is 3.54. The van der Waals surface area contributed by atoms with Gasteiger partial charge in [-0.15, -0.1) is 0 Å². The van der Waals surface area contributed by atoms with E-state index in [9.17, 15) is 4.79 Å². The first-order valence-corrected chi connectivity index (χ1v) is 5.63. The average Bonchev–Trinajstić information content (AvgIpc) is 2.30. The molecule has 3 N–H and O–H groups in total. The maximum absolute atomic E-state index is 11.7. The maximum atomic E-state index is 11.7. The van der Waals surface area contributed by atoms with Crippen molar-refractivity contribution in [1.82, 2.24) is 10.2 Å². The summed E-state index contributed by atoms with van der Waals surface area (Å²) >= 11 is 0. The number of aliphatic imine (C=N–C) groups is 1. The zero-order valence-electron chi connectivity index (χ0n) is 9.74. The van der Waals surface area contributed by atoms with Crippen molar-refractivity contribution in [3.63, 3.8) is 0 Å². The van der Waals surface area contributed by atoms with Crippen LogP contribution in [0.5, 0.6) is 0 Å². The number of hydrogen-bond acceptors (Lipinski definition) is 3. The van der Waals surface area contributed by atoms with Gasteiger partial charge in [0.2, 0.25) is 5.91 Å². The Morgan fingerprint density at radius 3 is 2.81 bits per heavy atom.